The molecule has 0 radical (unpaired) electrons. The molecule has 0 aliphatic carbocycles. The summed E-state index contributed by atoms with van der Waals surface area (Å²) >= 11 is 0. The summed E-state index contributed by atoms with van der Waals surface area (Å²) in [5.74, 6) is 0.873. The van der Waals surface area contributed by atoms with Crippen molar-refractivity contribution in [2.45, 2.75) is 51.3 Å². The van der Waals surface area contributed by atoms with E-state index in [1.807, 2.05) is 32.9 Å². The number of nitrogens with one attached hydrogen (secondary N) is 1. The summed E-state index contributed by atoms with van der Waals surface area (Å²) in [6.45, 7) is 8.11. The predicted molar refractivity (Wildman–Crippen MR) is 98.9 cm³/mol. The van der Waals surface area contributed by atoms with E-state index in [0.717, 1.165) is 38.2 Å². The number of nitrogens with zero attached hydrogens (tertiary/aromatic N) is 1. The summed E-state index contributed by atoms with van der Waals surface area (Å²) in [5.41, 5.74) is 6.92. The SMILES string of the molecule is COc1cccc(CCN2C[C@H](N)C[C@H](NC(=O)OC(C)(C)C)C2)c1. The van der Waals surface area contributed by atoms with Crippen molar-refractivity contribution in [3.05, 3.63) is 29.8 Å². The van der Waals surface area contributed by atoms with E-state index in [4.69, 9.17) is 15.2 Å². The molecule has 1 amide bonds. The van der Waals surface area contributed by atoms with E-state index in [1.54, 1.807) is 7.11 Å². The van der Waals surface area contributed by atoms with E-state index in [1.165, 1.54) is 5.56 Å². The minimum absolute atomic E-state index is 0.0175. The summed E-state index contributed by atoms with van der Waals surface area (Å²) in [6.07, 6.45) is 1.32. The highest BCUT2D eigenvalue weighted by molar-refractivity contribution is 5.68. The lowest BCUT2D eigenvalue weighted by Gasteiger charge is -2.36. The van der Waals surface area contributed by atoms with E-state index < -0.39 is 5.60 Å². The molecule has 0 unspecified atom stereocenters. The standard InChI is InChI=1S/C19H31N3O3/c1-19(2,3)25-18(23)21-16-11-15(20)12-22(13-16)9-8-14-6-5-7-17(10-14)24-4/h5-7,10,15-16H,8-9,11-13,20H2,1-4H3,(H,21,23)/t15-,16+/m1/s1. The molecule has 0 spiro atoms. The van der Waals surface area contributed by atoms with Crippen LogP contribution in [0.25, 0.3) is 0 Å². The minimum Gasteiger partial charge on any atom is -0.497 e. The van der Waals surface area contributed by atoms with Crippen molar-refractivity contribution in [3.8, 4) is 5.75 Å². The van der Waals surface area contributed by atoms with Crippen LogP contribution in [0.15, 0.2) is 24.3 Å². The number of hydrogen-bond donors (Lipinski definition) is 2. The van der Waals surface area contributed by atoms with E-state index in [2.05, 4.69) is 22.3 Å². The number of carbonyl (C=O) groups excluding carboxylic acids is 1. The van der Waals surface area contributed by atoms with Crippen molar-refractivity contribution in [2.24, 2.45) is 5.73 Å². The van der Waals surface area contributed by atoms with Gasteiger partial charge in [-0.2, -0.15) is 0 Å². The van der Waals surface area contributed by atoms with Crippen LogP contribution in [0.1, 0.15) is 32.8 Å². The number of amides is 1. The predicted octanol–water partition coefficient (Wildman–Crippen LogP) is 2.16. The molecule has 0 bridgehead atoms. The average molecular weight is 349 g/mol. The first-order valence-corrected chi connectivity index (χ1v) is 8.85. The molecule has 1 fully saturated rings. The maximum absolute atomic E-state index is 12.0. The number of benzene rings is 1. The molecular formula is C19H31N3O3. The number of methoxy groups -OCH3 is 1. The molecule has 1 aliphatic heterocycles. The Bertz CT molecular complexity index is 571. The van der Waals surface area contributed by atoms with E-state index in [-0.39, 0.29) is 18.2 Å². The molecule has 2 rings (SSSR count). The number of hydrogen-bond acceptors (Lipinski definition) is 5. The molecule has 0 aromatic heterocycles. The molecule has 6 nitrogen and oxygen atoms in total. The highest BCUT2D eigenvalue weighted by atomic mass is 16.6. The van der Waals surface area contributed by atoms with Gasteiger partial charge in [-0.3, -0.25) is 4.90 Å². The van der Waals surface area contributed by atoms with Gasteiger partial charge in [-0.15, -0.1) is 0 Å². The van der Waals surface area contributed by atoms with Crippen molar-refractivity contribution >= 4 is 6.09 Å². The van der Waals surface area contributed by atoms with Crippen molar-refractivity contribution < 1.29 is 14.3 Å². The molecule has 1 heterocycles. The fourth-order valence-electron chi connectivity index (χ4n) is 3.11. The topological polar surface area (TPSA) is 76.8 Å². The average Bonchev–Trinajstić information content (AvgIpc) is 2.50. The fourth-order valence-corrected chi connectivity index (χ4v) is 3.11. The molecule has 6 heteroatoms. The summed E-state index contributed by atoms with van der Waals surface area (Å²) in [6, 6.07) is 8.18. The number of alkyl carbamates (subject to hydrolysis) is 1. The van der Waals surface area contributed by atoms with Gasteiger partial charge in [0.1, 0.15) is 11.4 Å². The third kappa shape index (κ3) is 6.92. The van der Waals surface area contributed by atoms with Gasteiger partial charge < -0.3 is 20.5 Å². The number of piperidine rings is 1. The molecular weight excluding hydrogens is 318 g/mol. The lowest BCUT2D eigenvalue weighted by atomic mass is 10.0. The van der Waals surface area contributed by atoms with Crippen molar-refractivity contribution in [1.29, 1.82) is 0 Å². The van der Waals surface area contributed by atoms with Crippen LogP contribution in [0.2, 0.25) is 0 Å². The van der Waals surface area contributed by atoms with Gasteiger partial charge in [0, 0.05) is 31.7 Å². The van der Waals surface area contributed by atoms with Gasteiger partial charge in [0.25, 0.3) is 0 Å². The van der Waals surface area contributed by atoms with Crippen LogP contribution < -0.4 is 15.8 Å². The van der Waals surface area contributed by atoms with Crippen LogP contribution in [-0.4, -0.2) is 55.4 Å². The second-order valence-corrected chi connectivity index (χ2v) is 7.70. The Labute approximate surface area is 150 Å². The van der Waals surface area contributed by atoms with Crippen LogP contribution >= 0.6 is 0 Å². The van der Waals surface area contributed by atoms with Gasteiger partial charge in [0.05, 0.1) is 7.11 Å². The lowest BCUT2D eigenvalue weighted by Crippen LogP contribution is -2.55. The zero-order valence-corrected chi connectivity index (χ0v) is 15.7. The largest absolute Gasteiger partial charge is 0.497 e. The van der Waals surface area contributed by atoms with E-state index in [0.29, 0.717) is 0 Å². The summed E-state index contributed by atoms with van der Waals surface area (Å²) in [7, 11) is 1.68. The van der Waals surface area contributed by atoms with Crippen LogP contribution in [0.3, 0.4) is 0 Å². The molecule has 3 N–H and O–H groups in total. The first-order chi connectivity index (χ1) is 11.7. The van der Waals surface area contributed by atoms with Crippen molar-refractivity contribution in [1.82, 2.24) is 10.2 Å². The molecule has 1 aromatic rings. The maximum atomic E-state index is 12.0. The van der Waals surface area contributed by atoms with Gasteiger partial charge in [0.15, 0.2) is 0 Å². The second-order valence-electron chi connectivity index (χ2n) is 7.70. The summed E-state index contributed by atoms with van der Waals surface area (Å²) in [5, 5.41) is 2.95. The van der Waals surface area contributed by atoms with Gasteiger partial charge in [-0.05, 0) is 51.3 Å². The second kappa shape index (κ2) is 8.54. The minimum atomic E-state index is -0.493. The van der Waals surface area contributed by atoms with Gasteiger partial charge in [-0.1, -0.05) is 12.1 Å². The third-order valence-electron chi connectivity index (χ3n) is 4.13. The Kier molecular flexibility index (Phi) is 6.67. The number of nitrogens with two attached hydrogens (primary N) is 1. The van der Waals surface area contributed by atoms with Crippen molar-refractivity contribution in [2.75, 3.05) is 26.7 Å². The van der Waals surface area contributed by atoms with E-state index in [9.17, 15) is 4.79 Å². The van der Waals surface area contributed by atoms with Crippen LogP contribution in [0.4, 0.5) is 4.79 Å². The van der Waals surface area contributed by atoms with Crippen LogP contribution in [-0.2, 0) is 11.2 Å². The van der Waals surface area contributed by atoms with E-state index >= 15 is 0 Å². The van der Waals surface area contributed by atoms with Gasteiger partial charge in [-0.25, -0.2) is 4.79 Å². The first kappa shape index (κ1) is 19.5. The normalized spacial score (nSPS) is 21.6. The lowest BCUT2D eigenvalue weighted by molar-refractivity contribution is 0.0466. The molecule has 1 saturated heterocycles. The first-order valence-electron chi connectivity index (χ1n) is 8.85. The number of likely N-dealkylation sites (tertiary alicyclic amines) is 1. The fraction of sp³-hybridized carbons (Fsp3) is 0.632. The Morgan fingerprint density at radius 2 is 2.12 bits per heavy atom. The Hall–Kier alpha value is -1.79. The van der Waals surface area contributed by atoms with Crippen LogP contribution in [0, 0.1) is 0 Å². The molecule has 25 heavy (non-hydrogen) atoms. The maximum Gasteiger partial charge on any atom is 0.407 e. The molecule has 0 saturated carbocycles. The third-order valence-corrected chi connectivity index (χ3v) is 4.13. The van der Waals surface area contributed by atoms with Gasteiger partial charge in [0.2, 0.25) is 0 Å². The van der Waals surface area contributed by atoms with Crippen LogP contribution in [0.5, 0.6) is 5.75 Å². The number of rotatable bonds is 5. The Morgan fingerprint density at radius 3 is 2.80 bits per heavy atom. The highest BCUT2D eigenvalue weighted by Gasteiger charge is 2.27. The summed E-state index contributed by atoms with van der Waals surface area (Å²) < 4.78 is 10.6. The van der Waals surface area contributed by atoms with Crippen molar-refractivity contribution in [3.63, 3.8) is 0 Å². The summed E-state index contributed by atoms with van der Waals surface area (Å²) in [4.78, 5) is 14.3. The molecule has 1 aromatic carbocycles. The Balaban J connectivity index is 1.85. The highest BCUT2D eigenvalue weighted by Crippen LogP contribution is 2.15. The van der Waals surface area contributed by atoms with Gasteiger partial charge >= 0.3 is 6.09 Å². The Morgan fingerprint density at radius 1 is 1.36 bits per heavy atom. The molecule has 1 aliphatic rings. The molecule has 140 valence electrons. The number of carbonyl (C=O) groups is 1. The quantitative estimate of drug-likeness (QED) is 0.852. The monoisotopic (exact) mass is 349 g/mol. The zero-order chi connectivity index (χ0) is 18.4. The zero-order valence-electron chi connectivity index (χ0n) is 15.7. The molecule has 2 atom stereocenters. The smallest absolute Gasteiger partial charge is 0.407 e. The number of ether oxygens (including phenoxy) is 2.